The first-order valence-electron chi connectivity index (χ1n) is 6.30. The number of hydrogen-bond donors (Lipinski definition) is 0. The number of Topliss-reactive ketones (excluding diaryl/α,β-unsaturated/α-hetero) is 1. The second-order valence-corrected chi connectivity index (χ2v) is 5.14. The van der Waals surface area contributed by atoms with Gasteiger partial charge in [0.25, 0.3) is 0 Å². The minimum Gasteiger partial charge on any atom is -0.298 e. The maximum atomic E-state index is 12.1. The van der Waals surface area contributed by atoms with Gasteiger partial charge in [0.05, 0.1) is 5.54 Å². The van der Waals surface area contributed by atoms with Crippen molar-refractivity contribution in [2.75, 3.05) is 13.1 Å². The van der Waals surface area contributed by atoms with E-state index in [2.05, 4.69) is 32.6 Å². The standard InChI is InChI=1S/C13H25NO/c1-5-14(6-2)13(3,4)12(15)10-9-11-7-8-11/h11H,5-10H2,1-4H3. The number of ketones is 1. The Labute approximate surface area is 94.0 Å². The molecule has 0 aromatic heterocycles. The first-order valence-corrected chi connectivity index (χ1v) is 6.30. The highest BCUT2D eigenvalue weighted by Crippen LogP contribution is 2.34. The average molecular weight is 211 g/mol. The summed E-state index contributed by atoms with van der Waals surface area (Å²) in [6, 6.07) is 0. The lowest BCUT2D eigenvalue weighted by molar-refractivity contribution is -0.129. The van der Waals surface area contributed by atoms with E-state index < -0.39 is 0 Å². The maximum Gasteiger partial charge on any atom is 0.152 e. The molecule has 0 aromatic rings. The van der Waals surface area contributed by atoms with E-state index in [4.69, 9.17) is 0 Å². The van der Waals surface area contributed by atoms with Crippen LogP contribution >= 0.6 is 0 Å². The second kappa shape index (κ2) is 5.11. The molecule has 15 heavy (non-hydrogen) atoms. The lowest BCUT2D eigenvalue weighted by atomic mass is 9.92. The molecular formula is C13H25NO. The van der Waals surface area contributed by atoms with Gasteiger partial charge in [0.1, 0.15) is 0 Å². The summed E-state index contributed by atoms with van der Waals surface area (Å²) in [6.07, 6.45) is 4.58. The quantitative estimate of drug-likeness (QED) is 0.645. The second-order valence-electron chi connectivity index (χ2n) is 5.14. The van der Waals surface area contributed by atoms with Gasteiger partial charge in [-0.15, -0.1) is 0 Å². The first kappa shape index (κ1) is 12.7. The van der Waals surface area contributed by atoms with Crippen LogP contribution in [0.4, 0.5) is 0 Å². The summed E-state index contributed by atoms with van der Waals surface area (Å²) in [5.41, 5.74) is -0.265. The van der Waals surface area contributed by atoms with Crippen molar-refractivity contribution in [3.63, 3.8) is 0 Å². The lowest BCUT2D eigenvalue weighted by Gasteiger charge is -2.35. The molecule has 0 aliphatic heterocycles. The number of rotatable bonds is 7. The molecule has 0 N–H and O–H groups in total. The van der Waals surface area contributed by atoms with E-state index in [0.717, 1.165) is 31.8 Å². The third-order valence-electron chi connectivity index (χ3n) is 3.71. The fourth-order valence-electron chi connectivity index (χ4n) is 2.24. The normalized spacial score (nSPS) is 17.1. The van der Waals surface area contributed by atoms with E-state index in [1.165, 1.54) is 12.8 Å². The van der Waals surface area contributed by atoms with Gasteiger partial charge in [0.15, 0.2) is 5.78 Å². The Bertz CT molecular complexity index is 215. The zero-order valence-electron chi connectivity index (χ0n) is 10.7. The first-order chi connectivity index (χ1) is 7.02. The molecule has 1 aliphatic carbocycles. The van der Waals surface area contributed by atoms with E-state index in [1.54, 1.807) is 0 Å². The van der Waals surface area contributed by atoms with Gasteiger partial charge in [-0.3, -0.25) is 9.69 Å². The van der Waals surface area contributed by atoms with Crippen LogP contribution in [0.3, 0.4) is 0 Å². The molecule has 1 saturated carbocycles. The fraction of sp³-hybridized carbons (Fsp3) is 0.923. The topological polar surface area (TPSA) is 20.3 Å². The van der Waals surface area contributed by atoms with Crippen LogP contribution in [-0.2, 0) is 4.79 Å². The van der Waals surface area contributed by atoms with Crippen LogP contribution in [0.15, 0.2) is 0 Å². The van der Waals surface area contributed by atoms with Crippen LogP contribution in [0.2, 0.25) is 0 Å². The number of likely N-dealkylation sites (N-methyl/N-ethyl adjacent to an activating group) is 1. The fourth-order valence-corrected chi connectivity index (χ4v) is 2.24. The van der Waals surface area contributed by atoms with Crippen LogP contribution in [0.25, 0.3) is 0 Å². The zero-order chi connectivity index (χ0) is 11.5. The molecule has 0 unspecified atom stereocenters. The Kier molecular flexibility index (Phi) is 4.32. The van der Waals surface area contributed by atoms with Gasteiger partial charge in [0, 0.05) is 6.42 Å². The highest BCUT2D eigenvalue weighted by atomic mass is 16.1. The van der Waals surface area contributed by atoms with E-state index in [9.17, 15) is 4.79 Å². The van der Waals surface area contributed by atoms with Crippen molar-refractivity contribution in [1.29, 1.82) is 0 Å². The summed E-state index contributed by atoms with van der Waals surface area (Å²) >= 11 is 0. The number of nitrogens with zero attached hydrogens (tertiary/aromatic N) is 1. The Balaban J connectivity index is 2.45. The summed E-state index contributed by atoms with van der Waals surface area (Å²) in [4.78, 5) is 14.4. The zero-order valence-corrected chi connectivity index (χ0v) is 10.7. The monoisotopic (exact) mass is 211 g/mol. The molecule has 0 saturated heterocycles. The molecule has 0 amide bonds. The summed E-state index contributed by atoms with van der Waals surface area (Å²) in [5.74, 6) is 1.28. The molecule has 0 bridgehead atoms. The van der Waals surface area contributed by atoms with Gasteiger partial charge >= 0.3 is 0 Å². The van der Waals surface area contributed by atoms with Gasteiger partial charge < -0.3 is 0 Å². The summed E-state index contributed by atoms with van der Waals surface area (Å²) in [6.45, 7) is 10.3. The smallest absolute Gasteiger partial charge is 0.152 e. The minimum absolute atomic E-state index is 0.265. The predicted octanol–water partition coefficient (Wildman–Crippen LogP) is 2.87. The molecule has 1 rings (SSSR count). The average Bonchev–Trinajstić information content (AvgIpc) is 2.99. The van der Waals surface area contributed by atoms with E-state index >= 15 is 0 Å². The van der Waals surface area contributed by atoms with Gasteiger partial charge in [0.2, 0.25) is 0 Å². The Morgan fingerprint density at radius 1 is 1.27 bits per heavy atom. The molecule has 0 spiro atoms. The number of carbonyl (C=O) groups is 1. The van der Waals surface area contributed by atoms with Crippen molar-refractivity contribution < 1.29 is 4.79 Å². The molecule has 2 nitrogen and oxygen atoms in total. The van der Waals surface area contributed by atoms with Crippen molar-refractivity contribution >= 4 is 5.78 Å². The Morgan fingerprint density at radius 3 is 2.20 bits per heavy atom. The van der Waals surface area contributed by atoms with Crippen LogP contribution in [0, 0.1) is 5.92 Å². The number of carbonyl (C=O) groups excluding carboxylic acids is 1. The lowest BCUT2D eigenvalue weighted by Crippen LogP contribution is -2.49. The van der Waals surface area contributed by atoms with Crippen LogP contribution in [-0.4, -0.2) is 29.3 Å². The Hall–Kier alpha value is -0.370. The molecule has 0 atom stereocenters. The molecule has 1 fully saturated rings. The molecule has 88 valence electrons. The van der Waals surface area contributed by atoms with E-state index in [0.29, 0.717) is 5.78 Å². The van der Waals surface area contributed by atoms with Crippen molar-refractivity contribution in [2.24, 2.45) is 5.92 Å². The molecule has 0 radical (unpaired) electrons. The van der Waals surface area contributed by atoms with Gasteiger partial charge in [-0.05, 0) is 39.3 Å². The summed E-state index contributed by atoms with van der Waals surface area (Å²) in [5, 5.41) is 0. The van der Waals surface area contributed by atoms with Crippen LogP contribution in [0.5, 0.6) is 0 Å². The van der Waals surface area contributed by atoms with Gasteiger partial charge in [-0.25, -0.2) is 0 Å². The minimum atomic E-state index is -0.265. The third kappa shape index (κ3) is 3.30. The van der Waals surface area contributed by atoms with Gasteiger partial charge in [-0.2, -0.15) is 0 Å². The van der Waals surface area contributed by atoms with Gasteiger partial charge in [-0.1, -0.05) is 26.7 Å². The molecule has 1 aliphatic rings. The van der Waals surface area contributed by atoms with E-state index in [1.807, 2.05) is 0 Å². The van der Waals surface area contributed by atoms with E-state index in [-0.39, 0.29) is 5.54 Å². The van der Waals surface area contributed by atoms with Crippen molar-refractivity contribution in [3.8, 4) is 0 Å². The van der Waals surface area contributed by atoms with Crippen molar-refractivity contribution in [3.05, 3.63) is 0 Å². The molecule has 2 heteroatoms. The third-order valence-corrected chi connectivity index (χ3v) is 3.71. The SMILES string of the molecule is CCN(CC)C(C)(C)C(=O)CCC1CC1. The number of hydrogen-bond acceptors (Lipinski definition) is 2. The predicted molar refractivity (Wildman–Crippen MR) is 64.0 cm³/mol. The summed E-state index contributed by atoms with van der Waals surface area (Å²) in [7, 11) is 0. The molecular weight excluding hydrogens is 186 g/mol. The highest BCUT2D eigenvalue weighted by molar-refractivity contribution is 5.87. The van der Waals surface area contributed by atoms with Crippen LogP contribution in [0.1, 0.15) is 53.4 Å². The van der Waals surface area contributed by atoms with Crippen molar-refractivity contribution in [1.82, 2.24) is 4.90 Å². The molecule has 0 aromatic carbocycles. The Morgan fingerprint density at radius 2 is 1.80 bits per heavy atom. The highest BCUT2D eigenvalue weighted by Gasteiger charge is 2.33. The largest absolute Gasteiger partial charge is 0.298 e. The van der Waals surface area contributed by atoms with Crippen molar-refractivity contribution in [2.45, 2.75) is 58.9 Å². The summed E-state index contributed by atoms with van der Waals surface area (Å²) < 4.78 is 0. The maximum absolute atomic E-state index is 12.1. The van der Waals surface area contributed by atoms with Crippen LogP contribution < -0.4 is 0 Å². The molecule has 0 heterocycles.